The molecule has 0 aliphatic rings. The quantitative estimate of drug-likeness (QED) is 0.348. The average Bonchev–Trinajstić information content (AvgIpc) is 2.61. The van der Waals surface area contributed by atoms with Crippen LogP contribution in [0.3, 0.4) is 0 Å². The highest BCUT2D eigenvalue weighted by Gasteiger charge is 2.22. The number of carbonyl (C=O) groups excluding carboxylic acids is 3. The highest BCUT2D eigenvalue weighted by molar-refractivity contribution is 6.33. The van der Waals surface area contributed by atoms with E-state index in [4.69, 9.17) is 16.3 Å². The Labute approximate surface area is 159 Å². The third kappa shape index (κ3) is 5.11. The molecule has 0 bridgehead atoms. The molecule has 2 rings (SSSR count). The summed E-state index contributed by atoms with van der Waals surface area (Å²) < 4.78 is 5.06. The Hall–Kier alpha value is -3.26. The van der Waals surface area contributed by atoms with Gasteiger partial charge in [-0.05, 0) is 32.0 Å². The van der Waals surface area contributed by atoms with Gasteiger partial charge in [0.1, 0.15) is 0 Å². The van der Waals surface area contributed by atoms with Crippen molar-refractivity contribution in [2.45, 2.75) is 20.0 Å². The summed E-state index contributed by atoms with van der Waals surface area (Å²) in [5, 5.41) is 13.1. The van der Waals surface area contributed by atoms with E-state index < -0.39 is 22.9 Å². The maximum Gasteiger partial charge on any atom is 0.340 e. The molecule has 140 valence electrons. The number of anilines is 1. The molecule has 0 saturated carbocycles. The molecule has 1 N–H and O–H groups in total. The summed E-state index contributed by atoms with van der Waals surface area (Å²) in [6.45, 7) is 2.76. The standard InChI is InChI=1S/C18H15ClN2O6/c1-10(22)12-4-3-5-13(8-12)20-17(23)11(2)27-18(24)15-7-6-14(21(25)26)9-16(15)19/h3-9,11H,1-2H3,(H,20,23)/t11-/m1/s1. The first-order chi connectivity index (χ1) is 12.7. The number of carbonyl (C=O) groups is 3. The summed E-state index contributed by atoms with van der Waals surface area (Å²) in [6, 6.07) is 9.60. The van der Waals surface area contributed by atoms with Gasteiger partial charge in [-0.15, -0.1) is 0 Å². The van der Waals surface area contributed by atoms with E-state index in [2.05, 4.69) is 5.32 Å². The number of ketones is 1. The molecule has 1 amide bonds. The molecule has 0 saturated heterocycles. The molecule has 0 unspecified atom stereocenters. The molecule has 27 heavy (non-hydrogen) atoms. The lowest BCUT2D eigenvalue weighted by Gasteiger charge is -2.14. The summed E-state index contributed by atoms with van der Waals surface area (Å²) in [5.74, 6) is -1.66. The third-order valence-electron chi connectivity index (χ3n) is 3.57. The fraction of sp³-hybridized carbons (Fsp3) is 0.167. The number of nitrogens with one attached hydrogen (secondary N) is 1. The first kappa shape index (κ1) is 20.1. The van der Waals surface area contributed by atoms with Gasteiger partial charge in [-0.1, -0.05) is 23.7 Å². The number of nitro groups is 1. The summed E-state index contributed by atoms with van der Waals surface area (Å²) in [5.41, 5.74) is 0.437. The van der Waals surface area contributed by atoms with Crippen molar-refractivity contribution in [1.82, 2.24) is 0 Å². The lowest BCUT2D eigenvalue weighted by molar-refractivity contribution is -0.384. The zero-order valence-corrected chi connectivity index (χ0v) is 15.1. The van der Waals surface area contributed by atoms with Crippen LogP contribution in [0.4, 0.5) is 11.4 Å². The normalized spacial score (nSPS) is 11.4. The van der Waals surface area contributed by atoms with E-state index in [0.29, 0.717) is 11.3 Å². The Morgan fingerprint density at radius 3 is 2.48 bits per heavy atom. The van der Waals surface area contributed by atoms with Gasteiger partial charge in [0.15, 0.2) is 11.9 Å². The van der Waals surface area contributed by atoms with Crippen molar-refractivity contribution >= 4 is 40.6 Å². The molecule has 0 aliphatic heterocycles. The van der Waals surface area contributed by atoms with Gasteiger partial charge in [-0.25, -0.2) is 4.79 Å². The van der Waals surface area contributed by atoms with Crippen LogP contribution >= 0.6 is 11.6 Å². The summed E-state index contributed by atoms with van der Waals surface area (Å²) in [4.78, 5) is 45.8. The van der Waals surface area contributed by atoms with Crippen molar-refractivity contribution in [2.75, 3.05) is 5.32 Å². The molecule has 0 fully saturated rings. The molecule has 0 aliphatic carbocycles. The minimum Gasteiger partial charge on any atom is -0.449 e. The first-order valence-corrected chi connectivity index (χ1v) is 8.13. The number of hydrogen-bond donors (Lipinski definition) is 1. The molecule has 9 heteroatoms. The minimum absolute atomic E-state index is 0.0968. The first-order valence-electron chi connectivity index (χ1n) is 7.76. The maximum absolute atomic E-state index is 12.2. The van der Waals surface area contributed by atoms with Crippen molar-refractivity contribution in [3.05, 3.63) is 68.7 Å². The highest BCUT2D eigenvalue weighted by atomic mass is 35.5. The van der Waals surface area contributed by atoms with Crippen molar-refractivity contribution in [3.8, 4) is 0 Å². The second kappa shape index (κ2) is 8.41. The van der Waals surface area contributed by atoms with Crippen LogP contribution < -0.4 is 5.32 Å². The van der Waals surface area contributed by atoms with Gasteiger partial charge in [0, 0.05) is 23.4 Å². The number of esters is 1. The Bertz CT molecular complexity index is 928. The number of Topliss-reactive ketones (excluding diaryl/α,β-unsaturated/α-hetero) is 1. The topological polar surface area (TPSA) is 116 Å². The summed E-state index contributed by atoms with van der Waals surface area (Å²) in [7, 11) is 0. The Kier molecular flexibility index (Phi) is 6.25. The van der Waals surface area contributed by atoms with Crippen LogP contribution in [0.5, 0.6) is 0 Å². The number of benzene rings is 2. The molecular formula is C18H15ClN2O6. The third-order valence-corrected chi connectivity index (χ3v) is 3.89. The van der Waals surface area contributed by atoms with E-state index >= 15 is 0 Å². The molecule has 0 aromatic heterocycles. The number of rotatable bonds is 6. The Balaban J connectivity index is 2.05. The number of ether oxygens (including phenoxy) is 1. The van der Waals surface area contributed by atoms with Crippen LogP contribution in [0.15, 0.2) is 42.5 Å². The maximum atomic E-state index is 12.2. The lowest BCUT2D eigenvalue weighted by atomic mass is 10.1. The Morgan fingerprint density at radius 1 is 1.19 bits per heavy atom. The fourth-order valence-corrected chi connectivity index (χ4v) is 2.37. The van der Waals surface area contributed by atoms with E-state index in [1.165, 1.54) is 19.9 Å². The monoisotopic (exact) mass is 390 g/mol. The van der Waals surface area contributed by atoms with Crippen LogP contribution in [0, 0.1) is 10.1 Å². The molecule has 0 spiro atoms. The number of hydrogen-bond acceptors (Lipinski definition) is 6. The number of halogens is 1. The predicted molar refractivity (Wildman–Crippen MR) is 98.1 cm³/mol. The van der Waals surface area contributed by atoms with Crippen LogP contribution in [-0.4, -0.2) is 28.7 Å². The molecular weight excluding hydrogens is 376 g/mol. The molecule has 2 aromatic rings. The number of nitrogens with zero attached hydrogens (tertiary/aromatic N) is 1. The number of nitro benzene ring substituents is 1. The largest absolute Gasteiger partial charge is 0.449 e. The summed E-state index contributed by atoms with van der Waals surface area (Å²) in [6.07, 6.45) is -1.16. The van der Waals surface area contributed by atoms with Gasteiger partial charge in [0.05, 0.1) is 15.5 Å². The predicted octanol–water partition coefficient (Wildman–Crippen LogP) is 3.63. The van der Waals surface area contributed by atoms with E-state index in [1.54, 1.807) is 18.2 Å². The van der Waals surface area contributed by atoms with Gasteiger partial charge in [-0.3, -0.25) is 19.7 Å². The van der Waals surface area contributed by atoms with Crippen LogP contribution in [-0.2, 0) is 9.53 Å². The second-order valence-corrected chi connectivity index (χ2v) is 6.00. The molecule has 8 nitrogen and oxygen atoms in total. The van der Waals surface area contributed by atoms with Gasteiger partial charge in [0.2, 0.25) is 0 Å². The lowest BCUT2D eigenvalue weighted by Crippen LogP contribution is -2.30. The van der Waals surface area contributed by atoms with Gasteiger partial charge < -0.3 is 10.1 Å². The van der Waals surface area contributed by atoms with Crippen molar-refractivity contribution in [3.63, 3.8) is 0 Å². The highest BCUT2D eigenvalue weighted by Crippen LogP contribution is 2.23. The van der Waals surface area contributed by atoms with E-state index in [9.17, 15) is 24.5 Å². The zero-order chi connectivity index (χ0) is 20.1. The van der Waals surface area contributed by atoms with Crippen molar-refractivity contribution < 1.29 is 24.0 Å². The molecule has 2 aromatic carbocycles. The van der Waals surface area contributed by atoms with Crippen LogP contribution in [0.1, 0.15) is 34.6 Å². The minimum atomic E-state index is -1.16. The number of amides is 1. The Morgan fingerprint density at radius 2 is 1.89 bits per heavy atom. The fourth-order valence-electron chi connectivity index (χ4n) is 2.12. The van der Waals surface area contributed by atoms with E-state index in [0.717, 1.165) is 18.2 Å². The van der Waals surface area contributed by atoms with Crippen LogP contribution in [0.2, 0.25) is 5.02 Å². The zero-order valence-electron chi connectivity index (χ0n) is 14.4. The van der Waals surface area contributed by atoms with E-state index in [-0.39, 0.29) is 22.1 Å². The van der Waals surface area contributed by atoms with Crippen molar-refractivity contribution in [1.29, 1.82) is 0 Å². The van der Waals surface area contributed by atoms with Gasteiger partial charge >= 0.3 is 5.97 Å². The molecule has 0 heterocycles. The smallest absolute Gasteiger partial charge is 0.340 e. The van der Waals surface area contributed by atoms with Crippen LogP contribution in [0.25, 0.3) is 0 Å². The molecule has 0 radical (unpaired) electrons. The van der Waals surface area contributed by atoms with Gasteiger partial charge in [0.25, 0.3) is 11.6 Å². The summed E-state index contributed by atoms with van der Waals surface area (Å²) >= 11 is 5.87. The number of non-ortho nitro benzene ring substituents is 1. The second-order valence-electron chi connectivity index (χ2n) is 5.60. The molecule has 1 atom stereocenters. The van der Waals surface area contributed by atoms with Gasteiger partial charge in [-0.2, -0.15) is 0 Å². The van der Waals surface area contributed by atoms with Crippen molar-refractivity contribution in [2.24, 2.45) is 0 Å². The average molecular weight is 391 g/mol. The SMILES string of the molecule is CC(=O)c1cccc(NC(=O)[C@@H](C)OC(=O)c2ccc([N+](=O)[O-])cc2Cl)c1. The van der Waals surface area contributed by atoms with E-state index in [1.807, 2.05) is 0 Å².